The molecule has 158 valence electrons. The molecule has 0 unspecified atom stereocenters. The predicted molar refractivity (Wildman–Crippen MR) is 131 cm³/mol. The number of H-pyrrole nitrogens is 1. The lowest BCUT2D eigenvalue weighted by atomic mass is 9.94. The summed E-state index contributed by atoms with van der Waals surface area (Å²) in [6, 6.07) is 33.1. The lowest BCUT2D eigenvalue weighted by Gasteiger charge is -2.08. The minimum Gasteiger partial charge on any atom is -0.455 e. The molecule has 6 aromatic rings. The highest BCUT2D eigenvalue weighted by atomic mass is 16.7. The van der Waals surface area contributed by atoms with Gasteiger partial charge < -0.3 is 18.9 Å². The van der Waals surface area contributed by atoms with Gasteiger partial charge >= 0.3 is 0 Å². The molecule has 0 fully saturated rings. The van der Waals surface area contributed by atoms with E-state index >= 15 is 0 Å². The number of hydrogen-bond acceptors (Lipinski definition) is 3. The second-order valence-corrected chi connectivity index (χ2v) is 8.16. The van der Waals surface area contributed by atoms with E-state index in [1.54, 1.807) is 0 Å². The van der Waals surface area contributed by atoms with Crippen molar-refractivity contribution >= 4 is 21.9 Å². The van der Waals surface area contributed by atoms with Gasteiger partial charge in [0.1, 0.15) is 11.3 Å². The molecule has 0 radical (unpaired) electrons. The summed E-state index contributed by atoms with van der Waals surface area (Å²) in [5, 5.41) is 2.15. The summed E-state index contributed by atoms with van der Waals surface area (Å²) < 4.78 is 17.9. The van der Waals surface area contributed by atoms with Crippen LogP contribution < -0.4 is 9.47 Å². The Hall–Kier alpha value is -4.44. The van der Waals surface area contributed by atoms with E-state index in [1.165, 1.54) is 0 Å². The summed E-state index contributed by atoms with van der Waals surface area (Å²) in [6.45, 7) is 0.227. The van der Waals surface area contributed by atoms with Crippen LogP contribution in [0.15, 0.2) is 101 Å². The van der Waals surface area contributed by atoms with Gasteiger partial charge in [-0.1, -0.05) is 78.9 Å². The minimum atomic E-state index is 0.227. The first-order chi connectivity index (χ1) is 16.4. The Morgan fingerprint density at radius 2 is 1.27 bits per heavy atom. The number of aromatic nitrogens is 1. The Morgan fingerprint density at radius 1 is 0.606 bits per heavy atom. The van der Waals surface area contributed by atoms with E-state index in [9.17, 15) is 0 Å². The predicted octanol–water partition coefficient (Wildman–Crippen LogP) is 7.64. The van der Waals surface area contributed by atoms with Crippen LogP contribution >= 0.6 is 0 Å². The SMILES string of the molecule is c1ccc(-c2[nH]c3ccccc3c2-c2c(-c3ccccc3)oc3cc4c(cc23)OCO4)cc1. The van der Waals surface area contributed by atoms with Crippen LogP contribution in [0.5, 0.6) is 11.5 Å². The molecule has 0 atom stereocenters. The fourth-order valence-electron chi connectivity index (χ4n) is 4.75. The standard InChI is InChI=1S/C29H19NO3/c1-3-9-18(10-4-1)28-26(20-13-7-8-14-22(20)30-28)27-21-15-24-25(32-17-31-24)16-23(21)33-29(27)19-11-5-2-6-12-19/h1-16,30H,17H2. The van der Waals surface area contributed by atoms with Crippen molar-refractivity contribution in [3.63, 3.8) is 0 Å². The maximum Gasteiger partial charge on any atom is 0.231 e. The largest absolute Gasteiger partial charge is 0.455 e. The first kappa shape index (κ1) is 18.2. The average Bonchev–Trinajstić information content (AvgIpc) is 3.58. The molecule has 0 aliphatic carbocycles. The molecule has 0 amide bonds. The van der Waals surface area contributed by atoms with Gasteiger partial charge in [-0.25, -0.2) is 0 Å². The van der Waals surface area contributed by atoms with Gasteiger partial charge in [0.05, 0.1) is 5.69 Å². The molecule has 3 heterocycles. The zero-order valence-corrected chi connectivity index (χ0v) is 17.7. The zero-order chi connectivity index (χ0) is 21.8. The van der Waals surface area contributed by atoms with Crippen LogP contribution in [0.3, 0.4) is 0 Å². The molecule has 1 aliphatic rings. The summed E-state index contributed by atoms with van der Waals surface area (Å²) in [6.07, 6.45) is 0. The van der Waals surface area contributed by atoms with Gasteiger partial charge in [-0.3, -0.25) is 0 Å². The maximum absolute atomic E-state index is 6.52. The minimum absolute atomic E-state index is 0.227. The fraction of sp³-hybridized carbons (Fsp3) is 0.0345. The number of rotatable bonds is 3. The Kier molecular flexibility index (Phi) is 3.87. The number of furan rings is 1. The molecule has 4 nitrogen and oxygen atoms in total. The van der Waals surface area contributed by atoms with Crippen molar-refractivity contribution in [3.05, 3.63) is 97.1 Å². The molecule has 1 aliphatic heterocycles. The molecule has 0 bridgehead atoms. The third-order valence-corrected chi connectivity index (χ3v) is 6.24. The molecule has 7 rings (SSSR count). The van der Waals surface area contributed by atoms with Gasteiger partial charge in [0.2, 0.25) is 6.79 Å². The number of ether oxygens (including phenoxy) is 2. The van der Waals surface area contributed by atoms with Gasteiger partial charge in [-0.2, -0.15) is 0 Å². The highest BCUT2D eigenvalue weighted by Crippen LogP contribution is 2.50. The van der Waals surface area contributed by atoms with Crippen molar-refractivity contribution in [1.82, 2.24) is 4.98 Å². The highest BCUT2D eigenvalue weighted by Gasteiger charge is 2.26. The Balaban J connectivity index is 1.63. The molecular weight excluding hydrogens is 410 g/mol. The van der Waals surface area contributed by atoms with Crippen LogP contribution in [0.2, 0.25) is 0 Å². The third-order valence-electron chi connectivity index (χ3n) is 6.24. The van der Waals surface area contributed by atoms with Crippen molar-refractivity contribution in [3.8, 4) is 45.2 Å². The van der Waals surface area contributed by atoms with Gasteiger partial charge in [0.25, 0.3) is 0 Å². The Bertz CT molecular complexity index is 1630. The molecule has 2 aromatic heterocycles. The van der Waals surface area contributed by atoms with Crippen LogP contribution in [0.4, 0.5) is 0 Å². The monoisotopic (exact) mass is 429 g/mol. The van der Waals surface area contributed by atoms with Gasteiger partial charge in [0, 0.05) is 39.0 Å². The number of aromatic amines is 1. The van der Waals surface area contributed by atoms with E-state index in [0.717, 1.165) is 61.3 Å². The number of hydrogen-bond donors (Lipinski definition) is 1. The zero-order valence-electron chi connectivity index (χ0n) is 17.7. The van der Waals surface area contributed by atoms with Crippen molar-refractivity contribution in [2.24, 2.45) is 0 Å². The summed E-state index contributed by atoms with van der Waals surface area (Å²) in [5.74, 6) is 2.28. The van der Waals surface area contributed by atoms with Crippen molar-refractivity contribution in [1.29, 1.82) is 0 Å². The first-order valence-electron chi connectivity index (χ1n) is 10.9. The van der Waals surface area contributed by atoms with Gasteiger partial charge in [-0.05, 0) is 17.7 Å². The lowest BCUT2D eigenvalue weighted by Crippen LogP contribution is -1.92. The molecule has 4 aromatic carbocycles. The Labute approximate surface area is 190 Å². The molecule has 1 N–H and O–H groups in total. The number of fused-ring (bicyclic) bond motifs is 3. The number of nitrogens with one attached hydrogen (secondary N) is 1. The molecular formula is C29H19NO3. The summed E-state index contributed by atoms with van der Waals surface area (Å²) in [4.78, 5) is 3.67. The van der Waals surface area contributed by atoms with Crippen LogP contribution in [-0.2, 0) is 0 Å². The number of benzene rings is 4. The maximum atomic E-state index is 6.52. The quantitative estimate of drug-likeness (QED) is 0.314. The topological polar surface area (TPSA) is 47.4 Å². The van der Waals surface area contributed by atoms with Gasteiger partial charge in [-0.15, -0.1) is 0 Å². The molecule has 0 saturated heterocycles. The van der Waals surface area contributed by atoms with E-state index in [4.69, 9.17) is 13.9 Å². The summed E-state index contributed by atoms with van der Waals surface area (Å²) in [7, 11) is 0. The van der Waals surface area contributed by atoms with Crippen LogP contribution in [0, 0.1) is 0 Å². The van der Waals surface area contributed by atoms with Crippen LogP contribution in [0.25, 0.3) is 55.6 Å². The third kappa shape index (κ3) is 2.77. The van der Waals surface area contributed by atoms with Crippen molar-refractivity contribution < 1.29 is 13.9 Å². The molecule has 33 heavy (non-hydrogen) atoms. The fourth-order valence-corrected chi connectivity index (χ4v) is 4.75. The van der Waals surface area contributed by atoms with Gasteiger partial charge in [0.15, 0.2) is 11.5 Å². The van der Waals surface area contributed by atoms with E-state index in [0.29, 0.717) is 5.75 Å². The van der Waals surface area contributed by atoms with E-state index in [2.05, 4.69) is 65.6 Å². The van der Waals surface area contributed by atoms with E-state index in [-0.39, 0.29) is 6.79 Å². The normalized spacial score (nSPS) is 12.6. The molecule has 0 saturated carbocycles. The molecule has 4 heteroatoms. The van der Waals surface area contributed by atoms with Crippen molar-refractivity contribution in [2.45, 2.75) is 0 Å². The number of para-hydroxylation sites is 1. The summed E-state index contributed by atoms with van der Waals surface area (Å²) >= 11 is 0. The van der Waals surface area contributed by atoms with E-state index in [1.807, 2.05) is 36.4 Å². The summed E-state index contributed by atoms with van der Waals surface area (Å²) in [5.41, 5.74) is 7.24. The average molecular weight is 429 g/mol. The second-order valence-electron chi connectivity index (χ2n) is 8.16. The Morgan fingerprint density at radius 3 is 2.06 bits per heavy atom. The van der Waals surface area contributed by atoms with Crippen molar-refractivity contribution in [2.75, 3.05) is 6.79 Å². The van der Waals surface area contributed by atoms with Crippen LogP contribution in [-0.4, -0.2) is 11.8 Å². The lowest BCUT2D eigenvalue weighted by molar-refractivity contribution is 0.174. The van der Waals surface area contributed by atoms with E-state index < -0.39 is 0 Å². The smallest absolute Gasteiger partial charge is 0.231 e. The highest BCUT2D eigenvalue weighted by molar-refractivity contribution is 6.14. The molecule has 0 spiro atoms. The second kappa shape index (κ2) is 7.04. The van der Waals surface area contributed by atoms with Crippen LogP contribution in [0.1, 0.15) is 0 Å². The first-order valence-corrected chi connectivity index (χ1v) is 10.9.